The average Bonchev–Trinajstić information content (AvgIpc) is 2.25. The second-order valence-corrected chi connectivity index (χ2v) is 3.70. The van der Waals surface area contributed by atoms with Gasteiger partial charge in [0.15, 0.2) is 0 Å². The summed E-state index contributed by atoms with van der Waals surface area (Å²) < 4.78 is 0. The van der Waals surface area contributed by atoms with Gasteiger partial charge in [0.1, 0.15) is 6.04 Å². The number of hydrogen-bond acceptors (Lipinski definition) is 4. The molecule has 0 aliphatic rings. The summed E-state index contributed by atoms with van der Waals surface area (Å²) in [7, 11) is 1.59. The van der Waals surface area contributed by atoms with Gasteiger partial charge in [-0.3, -0.25) is 9.59 Å². The molecule has 1 unspecified atom stereocenters. The first-order valence-electron chi connectivity index (χ1n) is 5.30. The van der Waals surface area contributed by atoms with Gasteiger partial charge >= 0.3 is 11.9 Å². The highest BCUT2D eigenvalue weighted by atomic mass is 16.4. The molecule has 0 fully saturated rings. The van der Waals surface area contributed by atoms with Gasteiger partial charge in [-0.2, -0.15) is 0 Å². The Balaban J connectivity index is 4.20. The van der Waals surface area contributed by atoms with E-state index in [-0.39, 0.29) is 19.3 Å². The Bertz CT molecular complexity index is 292. The number of rotatable bonds is 8. The highest BCUT2D eigenvalue weighted by Gasteiger charge is 2.22. The quantitative estimate of drug-likeness (QED) is 0.455. The molecule has 0 aromatic rings. The lowest BCUT2D eigenvalue weighted by molar-refractivity contribution is -0.143. The molecule has 7 heteroatoms. The van der Waals surface area contributed by atoms with Crippen LogP contribution in [-0.2, 0) is 14.4 Å². The van der Waals surface area contributed by atoms with Crippen molar-refractivity contribution in [3.05, 3.63) is 0 Å². The molecular weight excluding hydrogens is 228 g/mol. The lowest BCUT2D eigenvalue weighted by Gasteiger charge is -2.17. The topological polar surface area (TPSA) is 116 Å². The molecule has 4 N–H and O–H groups in total. The lowest BCUT2D eigenvalue weighted by Crippen LogP contribution is -2.48. The summed E-state index contributed by atoms with van der Waals surface area (Å²) in [5, 5.41) is 22.3. The van der Waals surface area contributed by atoms with Crippen molar-refractivity contribution in [1.82, 2.24) is 10.6 Å². The Morgan fingerprint density at radius 1 is 1.24 bits per heavy atom. The van der Waals surface area contributed by atoms with Crippen LogP contribution in [0.5, 0.6) is 0 Å². The minimum Gasteiger partial charge on any atom is -0.481 e. The second kappa shape index (κ2) is 7.61. The third kappa shape index (κ3) is 6.52. The monoisotopic (exact) mass is 246 g/mol. The van der Waals surface area contributed by atoms with Gasteiger partial charge in [-0.05, 0) is 26.8 Å². The van der Waals surface area contributed by atoms with E-state index in [1.54, 1.807) is 14.0 Å². The number of carbonyl (C=O) groups is 3. The first kappa shape index (κ1) is 15.4. The van der Waals surface area contributed by atoms with Crippen LogP contribution in [0, 0.1) is 0 Å². The molecule has 0 aliphatic carbocycles. The van der Waals surface area contributed by atoms with E-state index in [2.05, 4.69) is 10.6 Å². The normalized spacial score (nSPS) is 13.8. The Hall–Kier alpha value is -1.63. The molecule has 17 heavy (non-hydrogen) atoms. The van der Waals surface area contributed by atoms with E-state index < -0.39 is 29.9 Å². The molecular formula is C10H18N2O5. The molecule has 0 heterocycles. The third-order valence-electron chi connectivity index (χ3n) is 2.32. The molecule has 0 rings (SSSR count). The van der Waals surface area contributed by atoms with Crippen LogP contribution >= 0.6 is 0 Å². The van der Waals surface area contributed by atoms with E-state index in [1.165, 1.54) is 0 Å². The number of carboxylic acids is 2. The maximum Gasteiger partial charge on any atom is 0.326 e. The van der Waals surface area contributed by atoms with E-state index >= 15 is 0 Å². The molecule has 0 aromatic heterocycles. The number of amides is 1. The van der Waals surface area contributed by atoms with Gasteiger partial charge in [0.2, 0.25) is 5.91 Å². The summed E-state index contributed by atoms with van der Waals surface area (Å²) in [5.41, 5.74) is 0. The van der Waals surface area contributed by atoms with Gasteiger partial charge in [-0.15, -0.1) is 0 Å². The summed E-state index contributed by atoms with van der Waals surface area (Å²) in [6.45, 7) is 1.60. The Kier molecular flexibility index (Phi) is 6.88. The molecule has 0 saturated carbocycles. The minimum absolute atomic E-state index is 0.101. The van der Waals surface area contributed by atoms with Gasteiger partial charge in [0.05, 0.1) is 6.04 Å². The van der Waals surface area contributed by atoms with Crippen molar-refractivity contribution in [2.24, 2.45) is 0 Å². The molecule has 0 spiro atoms. The number of likely N-dealkylation sites (N-methyl/N-ethyl adjacent to an activating group) is 1. The van der Waals surface area contributed by atoms with Crippen LogP contribution in [0.1, 0.15) is 26.2 Å². The van der Waals surface area contributed by atoms with Crippen LogP contribution in [0.3, 0.4) is 0 Å². The highest BCUT2D eigenvalue weighted by molar-refractivity contribution is 5.86. The van der Waals surface area contributed by atoms with Crippen molar-refractivity contribution in [2.75, 3.05) is 7.05 Å². The SMILES string of the molecule is CNC(C)C(=O)N[C@H](CCCC(=O)O)C(=O)O. The maximum absolute atomic E-state index is 11.4. The van der Waals surface area contributed by atoms with E-state index in [0.717, 1.165) is 0 Å². The molecule has 1 amide bonds. The molecule has 0 aliphatic heterocycles. The molecule has 98 valence electrons. The van der Waals surface area contributed by atoms with Gasteiger partial charge in [-0.25, -0.2) is 4.79 Å². The minimum atomic E-state index is -1.16. The van der Waals surface area contributed by atoms with Crippen molar-refractivity contribution < 1.29 is 24.6 Å². The Labute approximate surface area is 99.2 Å². The molecule has 2 atom stereocenters. The van der Waals surface area contributed by atoms with Crippen LogP contribution in [-0.4, -0.2) is 47.2 Å². The fraction of sp³-hybridized carbons (Fsp3) is 0.700. The Morgan fingerprint density at radius 3 is 2.24 bits per heavy atom. The molecule has 0 radical (unpaired) electrons. The number of carbonyl (C=O) groups excluding carboxylic acids is 1. The zero-order chi connectivity index (χ0) is 13.4. The molecule has 7 nitrogen and oxygen atoms in total. The summed E-state index contributed by atoms with van der Waals surface area (Å²) in [5.74, 6) is -2.56. The lowest BCUT2D eigenvalue weighted by atomic mass is 10.1. The maximum atomic E-state index is 11.4. The zero-order valence-electron chi connectivity index (χ0n) is 9.90. The van der Waals surface area contributed by atoms with Crippen molar-refractivity contribution in [3.8, 4) is 0 Å². The Morgan fingerprint density at radius 2 is 1.82 bits per heavy atom. The van der Waals surface area contributed by atoms with Gasteiger partial charge in [0, 0.05) is 6.42 Å². The van der Waals surface area contributed by atoms with Crippen LogP contribution in [0.4, 0.5) is 0 Å². The smallest absolute Gasteiger partial charge is 0.326 e. The van der Waals surface area contributed by atoms with Gasteiger partial charge < -0.3 is 20.8 Å². The van der Waals surface area contributed by atoms with Crippen LogP contribution in [0.15, 0.2) is 0 Å². The van der Waals surface area contributed by atoms with E-state index in [0.29, 0.717) is 0 Å². The summed E-state index contributed by atoms with van der Waals surface area (Å²) in [4.78, 5) is 32.6. The highest BCUT2D eigenvalue weighted by Crippen LogP contribution is 2.02. The second-order valence-electron chi connectivity index (χ2n) is 3.70. The van der Waals surface area contributed by atoms with Crippen molar-refractivity contribution >= 4 is 17.8 Å². The number of aliphatic carboxylic acids is 2. The first-order chi connectivity index (χ1) is 7.88. The van der Waals surface area contributed by atoms with Gasteiger partial charge in [0.25, 0.3) is 0 Å². The van der Waals surface area contributed by atoms with Gasteiger partial charge in [-0.1, -0.05) is 0 Å². The molecule has 0 saturated heterocycles. The first-order valence-corrected chi connectivity index (χ1v) is 5.30. The van der Waals surface area contributed by atoms with Crippen molar-refractivity contribution in [3.63, 3.8) is 0 Å². The van der Waals surface area contributed by atoms with E-state index in [4.69, 9.17) is 10.2 Å². The largest absolute Gasteiger partial charge is 0.481 e. The average molecular weight is 246 g/mol. The zero-order valence-corrected chi connectivity index (χ0v) is 9.90. The number of carboxylic acid groups (broad SMARTS) is 2. The fourth-order valence-electron chi connectivity index (χ4n) is 1.14. The molecule has 0 bridgehead atoms. The van der Waals surface area contributed by atoms with Crippen molar-refractivity contribution in [2.45, 2.75) is 38.3 Å². The predicted molar refractivity (Wildman–Crippen MR) is 59.6 cm³/mol. The summed E-state index contributed by atoms with van der Waals surface area (Å²) >= 11 is 0. The van der Waals surface area contributed by atoms with Crippen LogP contribution in [0.2, 0.25) is 0 Å². The number of nitrogens with one attached hydrogen (secondary N) is 2. The van der Waals surface area contributed by atoms with Crippen molar-refractivity contribution in [1.29, 1.82) is 0 Å². The van der Waals surface area contributed by atoms with Crippen LogP contribution in [0.25, 0.3) is 0 Å². The molecule has 0 aromatic carbocycles. The predicted octanol–water partition coefficient (Wildman–Crippen LogP) is -0.581. The number of hydrogen-bond donors (Lipinski definition) is 4. The van der Waals surface area contributed by atoms with Crippen LogP contribution < -0.4 is 10.6 Å². The van der Waals surface area contributed by atoms with E-state index in [1.807, 2.05) is 0 Å². The fourth-order valence-corrected chi connectivity index (χ4v) is 1.14. The summed E-state index contributed by atoms with van der Waals surface area (Å²) in [6, 6.07) is -1.53. The summed E-state index contributed by atoms with van der Waals surface area (Å²) in [6.07, 6.45) is 0.200. The van der Waals surface area contributed by atoms with E-state index in [9.17, 15) is 14.4 Å². The standard InChI is InChI=1S/C10H18N2O5/c1-6(11-2)9(15)12-7(10(16)17)4-3-5-8(13)14/h6-7,11H,3-5H2,1-2H3,(H,12,15)(H,13,14)(H,16,17)/t6?,7-/m1/s1. The third-order valence-corrected chi connectivity index (χ3v) is 2.32.